The lowest BCUT2D eigenvalue weighted by atomic mass is 9.95. The molecule has 0 aromatic carbocycles. The Bertz CT molecular complexity index is 849. The van der Waals surface area contributed by atoms with E-state index in [2.05, 4.69) is 5.32 Å². The van der Waals surface area contributed by atoms with Crippen LogP contribution in [0, 0.1) is 0 Å². The van der Waals surface area contributed by atoms with E-state index in [9.17, 15) is 9.59 Å². The van der Waals surface area contributed by atoms with Crippen LogP contribution in [-0.2, 0) is 4.79 Å². The predicted molar refractivity (Wildman–Crippen MR) is 112 cm³/mol. The number of thiophene rings is 1. The van der Waals surface area contributed by atoms with Gasteiger partial charge in [-0.2, -0.15) is 0 Å². The fourth-order valence-electron chi connectivity index (χ4n) is 4.31. The van der Waals surface area contributed by atoms with Gasteiger partial charge in [-0.25, -0.2) is 4.98 Å². The first kappa shape index (κ1) is 19.0. The Balaban J connectivity index is 1.52. The summed E-state index contributed by atoms with van der Waals surface area (Å²) in [4.78, 5) is 30.3. The van der Waals surface area contributed by atoms with Crippen molar-refractivity contribution in [1.82, 2.24) is 14.9 Å². The zero-order valence-corrected chi connectivity index (χ0v) is 17.2. The first-order valence-corrected chi connectivity index (χ1v) is 12.0. The Kier molecular flexibility index (Phi) is 6.18. The second-order valence-corrected chi connectivity index (χ2v) is 9.55. The van der Waals surface area contributed by atoms with Crippen molar-refractivity contribution >= 4 is 39.2 Å². The molecule has 2 saturated carbocycles. The van der Waals surface area contributed by atoms with Crippen LogP contribution < -0.4 is 10.9 Å². The van der Waals surface area contributed by atoms with Crippen molar-refractivity contribution in [3.05, 3.63) is 21.8 Å². The van der Waals surface area contributed by atoms with E-state index < -0.39 is 0 Å². The number of hydrogen-bond acceptors (Lipinski definition) is 5. The average Bonchev–Trinajstić information content (AvgIpc) is 3.17. The van der Waals surface area contributed by atoms with Gasteiger partial charge < -0.3 is 5.32 Å². The van der Waals surface area contributed by atoms with E-state index in [1.54, 1.807) is 0 Å². The van der Waals surface area contributed by atoms with Gasteiger partial charge in [-0.3, -0.25) is 14.2 Å². The minimum absolute atomic E-state index is 0.0572. The second kappa shape index (κ2) is 8.78. The number of thioether (sulfide) groups is 1. The third-order valence-electron chi connectivity index (χ3n) is 5.72. The van der Waals surface area contributed by atoms with E-state index in [4.69, 9.17) is 4.98 Å². The van der Waals surface area contributed by atoms with Gasteiger partial charge in [0.05, 0.1) is 11.3 Å². The topological polar surface area (TPSA) is 64.0 Å². The average molecular weight is 406 g/mol. The second-order valence-electron chi connectivity index (χ2n) is 7.69. The van der Waals surface area contributed by atoms with Gasteiger partial charge in [-0.05, 0) is 37.1 Å². The quantitative estimate of drug-likeness (QED) is 0.587. The molecule has 0 spiro atoms. The molecule has 1 N–H and O–H groups in total. The monoisotopic (exact) mass is 405 g/mol. The molecule has 0 bridgehead atoms. The normalized spacial score (nSPS) is 19.4. The molecule has 0 atom stereocenters. The molecule has 2 aliphatic carbocycles. The Morgan fingerprint density at radius 2 is 1.85 bits per heavy atom. The molecule has 4 rings (SSSR count). The van der Waals surface area contributed by atoms with Gasteiger partial charge in [0.15, 0.2) is 5.16 Å². The van der Waals surface area contributed by atoms with Crippen LogP contribution in [0.25, 0.3) is 10.2 Å². The molecular weight excluding hydrogens is 378 g/mol. The Morgan fingerprint density at radius 3 is 2.59 bits per heavy atom. The van der Waals surface area contributed by atoms with Crippen molar-refractivity contribution < 1.29 is 4.79 Å². The van der Waals surface area contributed by atoms with Crippen LogP contribution in [0.15, 0.2) is 21.4 Å². The summed E-state index contributed by atoms with van der Waals surface area (Å²) in [5, 5.41) is 5.79. The molecular formula is C20H27N3O2S2. The number of nitrogens with one attached hydrogen (secondary N) is 1. The smallest absolute Gasteiger partial charge is 0.272 e. The molecule has 2 aromatic heterocycles. The van der Waals surface area contributed by atoms with Crippen molar-refractivity contribution in [1.29, 1.82) is 0 Å². The standard InChI is InChI=1S/C20H27N3O2S2/c24-17(21-14-7-3-1-4-8-14)13-27-20-22-16-11-12-26-18(16)19(25)23(20)15-9-5-2-6-10-15/h11-12,14-15H,1-10,13H2,(H,21,24). The number of rotatable bonds is 5. The molecule has 0 radical (unpaired) electrons. The first-order chi connectivity index (χ1) is 13.2. The minimum atomic E-state index is 0.0572. The number of carbonyl (C=O) groups is 1. The number of carbonyl (C=O) groups excluding carboxylic acids is 1. The third kappa shape index (κ3) is 4.40. The summed E-state index contributed by atoms with van der Waals surface area (Å²) in [5.74, 6) is 0.382. The molecule has 2 aliphatic rings. The maximum Gasteiger partial charge on any atom is 0.272 e. The summed E-state index contributed by atoms with van der Waals surface area (Å²) in [6.07, 6.45) is 11.5. The Hall–Kier alpha value is -1.34. The molecule has 2 fully saturated rings. The Morgan fingerprint density at radius 1 is 1.15 bits per heavy atom. The molecule has 7 heteroatoms. The number of fused-ring (bicyclic) bond motifs is 1. The molecule has 0 unspecified atom stereocenters. The number of nitrogens with zero attached hydrogens (tertiary/aromatic N) is 2. The number of amides is 1. The van der Waals surface area contributed by atoms with Gasteiger partial charge in [-0.1, -0.05) is 50.3 Å². The van der Waals surface area contributed by atoms with Crippen LogP contribution in [0.1, 0.15) is 70.3 Å². The fourth-order valence-corrected chi connectivity index (χ4v) is 5.96. The predicted octanol–water partition coefficient (Wildman–Crippen LogP) is 4.50. The van der Waals surface area contributed by atoms with Crippen molar-refractivity contribution in [2.24, 2.45) is 0 Å². The summed E-state index contributed by atoms with van der Waals surface area (Å²) in [6, 6.07) is 2.44. The fraction of sp³-hybridized carbons (Fsp3) is 0.650. The van der Waals surface area contributed by atoms with E-state index >= 15 is 0 Å². The van der Waals surface area contributed by atoms with Crippen LogP contribution in [-0.4, -0.2) is 27.3 Å². The Labute approximate surface area is 167 Å². The molecule has 2 heterocycles. The van der Waals surface area contributed by atoms with Crippen LogP contribution in [0.2, 0.25) is 0 Å². The van der Waals surface area contributed by atoms with E-state index in [-0.39, 0.29) is 17.5 Å². The van der Waals surface area contributed by atoms with Crippen molar-refractivity contribution in [3.8, 4) is 0 Å². The number of hydrogen-bond donors (Lipinski definition) is 1. The zero-order valence-electron chi connectivity index (χ0n) is 15.6. The van der Waals surface area contributed by atoms with E-state index in [1.807, 2.05) is 16.0 Å². The van der Waals surface area contributed by atoms with E-state index in [0.29, 0.717) is 17.0 Å². The van der Waals surface area contributed by atoms with Gasteiger partial charge >= 0.3 is 0 Å². The minimum Gasteiger partial charge on any atom is -0.353 e. The molecule has 27 heavy (non-hydrogen) atoms. The van der Waals surface area contributed by atoms with Crippen molar-refractivity contribution in [3.63, 3.8) is 0 Å². The van der Waals surface area contributed by atoms with Crippen molar-refractivity contribution in [2.75, 3.05) is 5.75 Å². The molecule has 1 amide bonds. The van der Waals surface area contributed by atoms with E-state index in [0.717, 1.165) is 48.7 Å². The lowest BCUT2D eigenvalue weighted by molar-refractivity contribution is -0.119. The summed E-state index contributed by atoms with van der Waals surface area (Å²) >= 11 is 2.88. The zero-order chi connectivity index (χ0) is 18.6. The SMILES string of the molecule is O=C(CSc1nc2ccsc2c(=O)n1C1CCCCC1)NC1CCCCC1. The summed E-state index contributed by atoms with van der Waals surface area (Å²) in [5.41, 5.74) is 0.823. The summed E-state index contributed by atoms with van der Waals surface area (Å²) in [7, 11) is 0. The largest absolute Gasteiger partial charge is 0.353 e. The highest BCUT2D eigenvalue weighted by Crippen LogP contribution is 2.31. The lowest BCUT2D eigenvalue weighted by Crippen LogP contribution is -2.37. The van der Waals surface area contributed by atoms with Crippen LogP contribution >= 0.6 is 23.1 Å². The van der Waals surface area contributed by atoms with Crippen molar-refractivity contribution in [2.45, 2.75) is 81.4 Å². The molecule has 2 aromatic rings. The third-order valence-corrected chi connectivity index (χ3v) is 7.57. The first-order valence-electron chi connectivity index (χ1n) is 10.1. The summed E-state index contributed by atoms with van der Waals surface area (Å²) < 4.78 is 2.62. The van der Waals surface area contributed by atoms with Gasteiger partial charge in [0.1, 0.15) is 4.70 Å². The highest BCUT2D eigenvalue weighted by Gasteiger charge is 2.23. The maximum atomic E-state index is 13.1. The summed E-state index contributed by atoms with van der Waals surface area (Å²) in [6.45, 7) is 0. The maximum absolute atomic E-state index is 13.1. The van der Waals surface area contributed by atoms with Gasteiger partial charge in [0.25, 0.3) is 5.56 Å². The van der Waals surface area contributed by atoms with Gasteiger partial charge in [0.2, 0.25) is 5.91 Å². The van der Waals surface area contributed by atoms with Gasteiger partial charge in [0, 0.05) is 12.1 Å². The molecule has 0 saturated heterocycles. The van der Waals surface area contributed by atoms with Gasteiger partial charge in [-0.15, -0.1) is 11.3 Å². The molecule has 5 nitrogen and oxygen atoms in total. The van der Waals surface area contributed by atoms with E-state index in [1.165, 1.54) is 48.8 Å². The highest BCUT2D eigenvalue weighted by molar-refractivity contribution is 7.99. The highest BCUT2D eigenvalue weighted by atomic mass is 32.2. The van der Waals surface area contributed by atoms with Crippen LogP contribution in [0.4, 0.5) is 0 Å². The molecule has 146 valence electrons. The lowest BCUT2D eigenvalue weighted by Gasteiger charge is -2.26. The number of aromatic nitrogens is 2. The molecule has 0 aliphatic heterocycles. The van der Waals surface area contributed by atoms with Crippen LogP contribution in [0.3, 0.4) is 0 Å². The van der Waals surface area contributed by atoms with Crippen LogP contribution in [0.5, 0.6) is 0 Å².